The molecule has 0 unspecified atom stereocenters. The van der Waals surface area contributed by atoms with Crippen LogP contribution in [0, 0.1) is 6.92 Å². The molecule has 7 nitrogen and oxygen atoms in total. The van der Waals surface area contributed by atoms with Crippen molar-refractivity contribution in [1.29, 1.82) is 0 Å². The van der Waals surface area contributed by atoms with E-state index in [1.54, 1.807) is 0 Å². The van der Waals surface area contributed by atoms with Gasteiger partial charge in [0.05, 0.1) is 43.1 Å². The summed E-state index contributed by atoms with van der Waals surface area (Å²) in [5, 5.41) is 0. The van der Waals surface area contributed by atoms with E-state index in [1.807, 2.05) is 19.3 Å². The van der Waals surface area contributed by atoms with E-state index in [0.29, 0.717) is 12.5 Å². The Morgan fingerprint density at radius 1 is 1.06 bits per heavy atom. The number of benzene rings is 1. The number of ether oxygens (including phenoxy) is 1. The molecule has 1 saturated carbocycles. The molecule has 2 aromatic rings. The van der Waals surface area contributed by atoms with E-state index in [0.717, 1.165) is 50.2 Å². The first kappa shape index (κ1) is 22.2. The third-order valence-electron chi connectivity index (χ3n) is 6.46. The van der Waals surface area contributed by atoms with Gasteiger partial charge in [-0.3, -0.25) is 0 Å². The Balaban J connectivity index is 1.39. The van der Waals surface area contributed by atoms with Crippen molar-refractivity contribution in [3.63, 3.8) is 0 Å². The van der Waals surface area contributed by atoms with Crippen LogP contribution in [-0.4, -0.2) is 56.0 Å². The molecular formula is C23H32N4O3S. The Kier molecular flexibility index (Phi) is 6.89. The molecule has 0 radical (unpaired) electrons. The Hall–Kier alpha value is -2.03. The minimum atomic E-state index is -3.30. The van der Waals surface area contributed by atoms with Gasteiger partial charge in [0.2, 0.25) is 10.0 Å². The summed E-state index contributed by atoms with van der Waals surface area (Å²) < 4.78 is 33.0. The summed E-state index contributed by atoms with van der Waals surface area (Å²) in [5.74, 6) is 1.32. The lowest BCUT2D eigenvalue weighted by molar-refractivity contribution is 0.0157. The van der Waals surface area contributed by atoms with Crippen molar-refractivity contribution < 1.29 is 13.2 Å². The maximum atomic E-state index is 11.9. The highest BCUT2D eigenvalue weighted by molar-refractivity contribution is 7.88. The van der Waals surface area contributed by atoms with Crippen LogP contribution in [0.4, 0.5) is 5.69 Å². The highest BCUT2D eigenvalue weighted by atomic mass is 32.2. The summed E-state index contributed by atoms with van der Waals surface area (Å²) in [6, 6.07) is 10.4. The molecule has 1 aromatic heterocycles. The summed E-state index contributed by atoms with van der Waals surface area (Å²) >= 11 is 0. The van der Waals surface area contributed by atoms with Crippen molar-refractivity contribution in [1.82, 2.24) is 14.7 Å². The second kappa shape index (κ2) is 9.63. The normalized spacial score (nSPS) is 26.8. The predicted molar refractivity (Wildman–Crippen MR) is 122 cm³/mol. The van der Waals surface area contributed by atoms with E-state index in [4.69, 9.17) is 4.74 Å². The second-order valence-corrected chi connectivity index (χ2v) is 10.5. The molecule has 2 fully saturated rings. The predicted octanol–water partition coefficient (Wildman–Crippen LogP) is 3.02. The van der Waals surface area contributed by atoms with Crippen LogP contribution < -0.4 is 9.62 Å². The van der Waals surface area contributed by atoms with Gasteiger partial charge in [-0.15, -0.1) is 0 Å². The quantitative estimate of drug-likeness (QED) is 0.707. The second-order valence-electron chi connectivity index (χ2n) is 8.75. The van der Waals surface area contributed by atoms with Crippen molar-refractivity contribution in [3.8, 4) is 0 Å². The highest BCUT2D eigenvalue weighted by Gasteiger charge is 2.37. The number of hydrogen-bond acceptors (Lipinski definition) is 6. The molecule has 2 atom stereocenters. The van der Waals surface area contributed by atoms with E-state index < -0.39 is 10.0 Å². The van der Waals surface area contributed by atoms with Crippen LogP contribution >= 0.6 is 0 Å². The van der Waals surface area contributed by atoms with E-state index in [-0.39, 0.29) is 18.2 Å². The third kappa shape index (κ3) is 5.81. The fraction of sp³-hybridized carbons (Fsp3) is 0.565. The number of aryl methyl sites for hydroxylation is 1. The zero-order chi connectivity index (χ0) is 21.8. The number of nitrogens with zero attached hydrogens (tertiary/aromatic N) is 3. The molecule has 2 heterocycles. The van der Waals surface area contributed by atoms with Gasteiger partial charge in [-0.2, -0.15) is 0 Å². The van der Waals surface area contributed by atoms with Crippen LogP contribution in [-0.2, 0) is 14.8 Å². The monoisotopic (exact) mass is 444 g/mol. The fourth-order valence-electron chi connectivity index (χ4n) is 4.85. The summed E-state index contributed by atoms with van der Waals surface area (Å²) in [6.07, 6.45) is 10.1. The molecule has 168 valence electrons. The summed E-state index contributed by atoms with van der Waals surface area (Å²) in [5.41, 5.74) is 2.32. The van der Waals surface area contributed by atoms with Crippen molar-refractivity contribution in [2.75, 3.05) is 24.3 Å². The average molecular weight is 445 g/mol. The molecule has 8 heteroatoms. The Bertz CT molecular complexity index is 945. The van der Waals surface area contributed by atoms with Gasteiger partial charge in [0.15, 0.2) is 0 Å². The van der Waals surface area contributed by atoms with Crippen LogP contribution in [0.3, 0.4) is 0 Å². The van der Waals surface area contributed by atoms with Crippen LogP contribution in [0.2, 0.25) is 0 Å². The molecule has 2 aliphatic rings. The summed E-state index contributed by atoms with van der Waals surface area (Å²) in [4.78, 5) is 10.8. The average Bonchev–Trinajstić information content (AvgIpc) is 3.14. The van der Waals surface area contributed by atoms with Gasteiger partial charge in [0, 0.05) is 12.6 Å². The summed E-state index contributed by atoms with van der Waals surface area (Å²) in [7, 11) is -3.30. The Morgan fingerprint density at radius 2 is 1.74 bits per heavy atom. The highest BCUT2D eigenvalue weighted by Crippen LogP contribution is 2.34. The topological polar surface area (TPSA) is 84.4 Å². The lowest BCUT2D eigenvalue weighted by atomic mass is 9.83. The first-order chi connectivity index (χ1) is 14.9. The first-order valence-corrected chi connectivity index (χ1v) is 13.0. The maximum absolute atomic E-state index is 11.9. The summed E-state index contributed by atoms with van der Waals surface area (Å²) in [6.45, 7) is 3.09. The van der Waals surface area contributed by atoms with Crippen LogP contribution in [0.5, 0.6) is 0 Å². The standard InChI is InChI=1S/C23H32N4O3S/c1-17-24-14-20(15-25-17)27-13-12-22(26-31(2,28)29)23(27)16-30-21-10-8-19(9-11-21)18-6-4-3-5-7-18/h3-7,14-15,19,21-23,26H,8-13,16H2,1-2H3/t19?,21?,22-,23-/m0/s1. The number of aromatic nitrogens is 2. The van der Waals surface area contributed by atoms with Crippen molar-refractivity contribution >= 4 is 15.7 Å². The van der Waals surface area contributed by atoms with E-state index >= 15 is 0 Å². The fourth-order valence-corrected chi connectivity index (χ4v) is 5.67. The molecule has 0 bridgehead atoms. The van der Waals surface area contributed by atoms with E-state index in [9.17, 15) is 8.42 Å². The molecule has 31 heavy (non-hydrogen) atoms. The molecular weight excluding hydrogens is 412 g/mol. The van der Waals surface area contributed by atoms with Gasteiger partial charge in [0.1, 0.15) is 5.82 Å². The minimum Gasteiger partial charge on any atom is -0.376 e. The van der Waals surface area contributed by atoms with Crippen LogP contribution in [0.15, 0.2) is 42.7 Å². The Morgan fingerprint density at radius 3 is 2.39 bits per heavy atom. The van der Waals surface area contributed by atoms with Gasteiger partial charge < -0.3 is 9.64 Å². The molecule has 0 spiro atoms. The maximum Gasteiger partial charge on any atom is 0.209 e. The smallest absolute Gasteiger partial charge is 0.209 e. The van der Waals surface area contributed by atoms with E-state index in [1.165, 1.54) is 11.8 Å². The number of anilines is 1. The van der Waals surface area contributed by atoms with Gasteiger partial charge in [-0.05, 0) is 50.5 Å². The molecule has 0 amide bonds. The molecule has 1 aliphatic heterocycles. The third-order valence-corrected chi connectivity index (χ3v) is 7.19. The van der Waals surface area contributed by atoms with Gasteiger partial charge in [0.25, 0.3) is 0 Å². The van der Waals surface area contributed by atoms with Crippen molar-refractivity contribution in [2.45, 2.75) is 63.1 Å². The number of rotatable bonds is 7. The number of hydrogen-bond donors (Lipinski definition) is 1. The number of sulfonamides is 1. The zero-order valence-electron chi connectivity index (χ0n) is 18.3. The van der Waals surface area contributed by atoms with Gasteiger partial charge in [-0.25, -0.2) is 23.1 Å². The van der Waals surface area contributed by atoms with E-state index in [2.05, 4.69) is 49.9 Å². The minimum absolute atomic E-state index is 0.0760. The SMILES string of the molecule is Cc1ncc(N2CC[C@H](NS(C)(=O)=O)[C@@H]2COC2CCC(c3ccccc3)CC2)cn1. The molecule has 1 aromatic carbocycles. The Labute approximate surface area is 185 Å². The first-order valence-electron chi connectivity index (χ1n) is 11.1. The zero-order valence-corrected chi connectivity index (χ0v) is 19.1. The van der Waals surface area contributed by atoms with Crippen molar-refractivity contribution in [2.24, 2.45) is 0 Å². The van der Waals surface area contributed by atoms with Crippen molar-refractivity contribution in [3.05, 3.63) is 54.1 Å². The molecule has 1 N–H and O–H groups in total. The molecule has 1 aliphatic carbocycles. The largest absolute Gasteiger partial charge is 0.376 e. The van der Waals surface area contributed by atoms with Gasteiger partial charge >= 0.3 is 0 Å². The molecule has 4 rings (SSSR count). The van der Waals surface area contributed by atoms with Crippen LogP contribution in [0.25, 0.3) is 0 Å². The van der Waals surface area contributed by atoms with Gasteiger partial charge in [-0.1, -0.05) is 30.3 Å². The lowest BCUT2D eigenvalue weighted by Crippen LogP contribution is -2.48. The molecule has 1 saturated heterocycles. The number of nitrogens with one attached hydrogen (secondary N) is 1. The lowest BCUT2D eigenvalue weighted by Gasteiger charge is -2.33. The van der Waals surface area contributed by atoms with Crippen LogP contribution in [0.1, 0.15) is 49.4 Å².